The standard InChI is InChI=1S/C21H21FN2O3S/c1-3-24(4-2)28(26,27)16-12-13-19(22)18(14-16)21(25)23-20-11-7-9-15-8-5-6-10-17(15)20/h5-14H,3-4H2,1-2H3,(H,23,25). The first-order chi connectivity index (χ1) is 13.4. The van der Waals surface area contributed by atoms with E-state index in [1.165, 1.54) is 10.4 Å². The number of fused-ring (bicyclic) bond motifs is 1. The van der Waals surface area contributed by atoms with Crippen LogP contribution in [0.2, 0.25) is 0 Å². The third-order valence-corrected chi connectivity index (χ3v) is 6.61. The topological polar surface area (TPSA) is 66.5 Å². The molecule has 28 heavy (non-hydrogen) atoms. The highest BCUT2D eigenvalue weighted by Crippen LogP contribution is 2.25. The van der Waals surface area contributed by atoms with Gasteiger partial charge in [0.15, 0.2) is 0 Å². The Hall–Kier alpha value is -2.77. The first-order valence-electron chi connectivity index (χ1n) is 8.97. The zero-order valence-electron chi connectivity index (χ0n) is 15.6. The molecule has 0 saturated carbocycles. The zero-order valence-corrected chi connectivity index (χ0v) is 16.5. The van der Waals surface area contributed by atoms with E-state index in [-0.39, 0.29) is 23.5 Å². The van der Waals surface area contributed by atoms with Crippen LogP contribution in [0, 0.1) is 5.82 Å². The summed E-state index contributed by atoms with van der Waals surface area (Å²) >= 11 is 0. The molecule has 3 aromatic rings. The number of carbonyl (C=O) groups excluding carboxylic acids is 1. The molecule has 0 heterocycles. The quantitative estimate of drug-likeness (QED) is 0.672. The van der Waals surface area contributed by atoms with Crippen molar-refractivity contribution in [3.8, 4) is 0 Å². The maximum absolute atomic E-state index is 14.3. The van der Waals surface area contributed by atoms with Crippen LogP contribution in [0.25, 0.3) is 10.8 Å². The molecule has 0 saturated heterocycles. The zero-order chi connectivity index (χ0) is 20.3. The van der Waals surface area contributed by atoms with E-state index < -0.39 is 21.7 Å². The van der Waals surface area contributed by atoms with Gasteiger partial charge in [0.2, 0.25) is 10.0 Å². The minimum atomic E-state index is -3.79. The Morgan fingerprint density at radius 3 is 2.39 bits per heavy atom. The van der Waals surface area contributed by atoms with Crippen molar-refractivity contribution < 1.29 is 17.6 Å². The molecule has 0 atom stereocenters. The smallest absolute Gasteiger partial charge is 0.258 e. The lowest BCUT2D eigenvalue weighted by Gasteiger charge is -2.19. The van der Waals surface area contributed by atoms with Crippen LogP contribution in [0.15, 0.2) is 65.6 Å². The Kier molecular flexibility index (Phi) is 5.76. The van der Waals surface area contributed by atoms with E-state index in [9.17, 15) is 17.6 Å². The molecule has 1 N–H and O–H groups in total. The SMILES string of the molecule is CCN(CC)S(=O)(=O)c1ccc(F)c(C(=O)Nc2cccc3ccccc23)c1. The van der Waals surface area contributed by atoms with E-state index in [4.69, 9.17) is 0 Å². The van der Waals surface area contributed by atoms with Crippen molar-refractivity contribution in [2.45, 2.75) is 18.7 Å². The largest absolute Gasteiger partial charge is 0.321 e. The van der Waals surface area contributed by atoms with E-state index in [2.05, 4.69) is 5.32 Å². The second-order valence-corrected chi connectivity index (χ2v) is 8.15. The third-order valence-electron chi connectivity index (χ3n) is 4.56. The number of amides is 1. The summed E-state index contributed by atoms with van der Waals surface area (Å²) in [5.41, 5.74) is 0.209. The molecular formula is C21H21FN2O3S. The van der Waals surface area contributed by atoms with Crippen molar-refractivity contribution in [1.29, 1.82) is 0 Å². The summed E-state index contributed by atoms with van der Waals surface area (Å²) in [6.07, 6.45) is 0. The van der Waals surface area contributed by atoms with Crippen LogP contribution in [-0.2, 0) is 10.0 Å². The van der Waals surface area contributed by atoms with Crippen molar-refractivity contribution >= 4 is 32.4 Å². The first-order valence-corrected chi connectivity index (χ1v) is 10.4. The van der Waals surface area contributed by atoms with Crippen LogP contribution in [0.3, 0.4) is 0 Å². The van der Waals surface area contributed by atoms with Gasteiger partial charge in [0.25, 0.3) is 5.91 Å². The summed E-state index contributed by atoms with van der Waals surface area (Å²) in [7, 11) is -3.79. The molecule has 0 radical (unpaired) electrons. The number of hydrogen-bond donors (Lipinski definition) is 1. The molecule has 0 aliphatic carbocycles. The van der Waals surface area contributed by atoms with E-state index in [1.54, 1.807) is 26.0 Å². The minimum absolute atomic E-state index is 0.110. The maximum Gasteiger partial charge on any atom is 0.258 e. The Morgan fingerprint density at radius 1 is 1.00 bits per heavy atom. The van der Waals surface area contributed by atoms with Crippen LogP contribution >= 0.6 is 0 Å². The van der Waals surface area contributed by atoms with Gasteiger partial charge in [-0.2, -0.15) is 4.31 Å². The first kappa shape index (κ1) is 20.0. The highest BCUT2D eigenvalue weighted by molar-refractivity contribution is 7.89. The van der Waals surface area contributed by atoms with Gasteiger partial charge in [0.1, 0.15) is 5.82 Å². The van der Waals surface area contributed by atoms with Gasteiger partial charge in [0.05, 0.1) is 10.5 Å². The Bertz CT molecular complexity index is 1120. The molecule has 0 aromatic heterocycles. The maximum atomic E-state index is 14.3. The van der Waals surface area contributed by atoms with E-state index in [1.807, 2.05) is 30.3 Å². The number of benzene rings is 3. The van der Waals surface area contributed by atoms with Gasteiger partial charge >= 0.3 is 0 Å². The van der Waals surface area contributed by atoms with E-state index in [0.717, 1.165) is 22.9 Å². The molecular weight excluding hydrogens is 379 g/mol. The number of carbonyl (C=O) groups is 1. The van der Waals surface area contributed by atoms with Gasteiger partial charge in [-0.15, -0.1) is 0 Å². The van der Waals surface area contributed by atoms with Crippen molar-refractivity contribution in [2.24, 2.45) is 0 Å². The second-order valence-electron chi connectivity index (χ2n) is 6.21. The summed E-state index contributed by atoms with van der Waals surface area (Å²) in [4.78, 5) is 12.6. The number of rotatable bonds is 6. The lowest BCUT2D eigenvalue weighted by molar-refractivity contribution is 0.102. The number of anilines is 1. The van der Waals surface area contributed by atoms with Crippen LogP contribution in [0.1, 0.15) is 24.2 Å². The number of nitrogens with zero attached hydrogens (tertiary/aromatic N) is 1. The molecule has 146 valence electrons. The third kappa shape index (κ3) is 3.76. The predicted octanol–water partition coefficient (Wildman–Crippen LogP) is 4.26. The normalized spacial score (nSPS) is 11.7. The fourth-order valence-corrected chi connectivity index (χ4v) is 4.56. The number of sulfonamides is 1. The van der Waals surface area contributed by atoms with Gasteiger partial charge in [0, 0.05) is 24.2 Å². The minimum Gasteiger partial charge on any atom is -0.321 e. The van der Waals surface area contributed by atoms with Gasteiger partial charge in [-0.3, -0.25) is 4.79 Å². The summed E-state index contributed by atoms with van der Waals surface area (Å²) < 4.78 is 40.9. The van der Waals surface area contributed by atoms with Gasteiger partial charge in [-0.25, -0.2) is 12.8 Å². The Morgan fingerprint density at radius 2 is 1.68 bits per heavy atom. The molecule has 3 rings (SSSR count). The molecule has 0 bridgehead atoms. The van der Waals surface area contributed by atoms with E-state index >= 15 is 0 Å². The second kappa shape index (κ2) is 8.08. The molecule has 0 aliphatic heterocycles. The summed E-state index contributed by atoms with van der Waals surface area (Å²) in [6.45, 7) is 4.01. The Labute approximate surface area is 163 Å². The van der Waals surface area contributed by atoms with E-state index in [0.29, 0.717) is 5.69 Å². The molecule has 1 amide bonds. The molecule has 5 nitrogen and oxygen atoms in total. The molecule has 0 fully saturated rings. The highest BCUT2D eigenvalue weighted by atomic mass is 32.2. The van der Waals surface area contributed by atoms with Crippen molar-refractivity contribution in [2.75, 3.05) is 18.4 Å². The van der Waals surface area contributed by atoms with Crippen LogP contribution in [-0.4, -0.2) is 31.7 Å². The molecule has 0 unspecified atom stereocenters. The van der Waals surface area contributed by atoms with Gasteiger partial charge < -0.3 is 5.32 Å². The number of halogens is 1. The predicted molar refractivity (Wildman–Crippen MR) is 108 cm³/mol. The van der Waals surface area contributed by atoms with Gasteiger partial charge in [-0.05, 0) is 29.7 Å². The fraction of sp³-hybridized carbons (Fsp3) is 0.190. The Balaban J connectivity index is 1.98. The summed E-state index contributed by atoms with van der Waals surface area (Å²) in [6, 6.07) is 16.2. The summed E-state index contributed by atoms with van der Waals surface area (Å²) in [5, 5.41) is 4.43. The number of hydrogen-bond acceptors (Lipinski definition) is 3. The monoisotopic (exact) mass is 400 g/mol. The molecule has 0 aliphatic rings. The van der Waals surface area contributed by atoms with Crippen molar-refractivity contribution in [3.05, 3.63) is 72.0 Å². The van der Waals surface area contributed by atoms with Crippen molar-refractivity contribution in [3.63, 3.8) is 0 Å². The lowest BCUT2D eigenvalue weighted by Crippen LogP contribution is -2.31. The van der Waals surface area contributed by atoms with Gasteiger partial charge in [-0.1, -0.05) is 50.2 Å². The van der Waals surface area contributed by atoms with Crippen LogP contribution in [0.5, 0.6) is 0 Å². The lowest BCUT2D eigenvalue weighted by atomic mass is 10.1. The molecule has 0 spiro atoms. The molecule has 7 heteroatoms. The van der Waals surface area contributed by atoms with Crippen LogP contribution < -0.4 is 5.32 Å². The number of nitrogens with one attached hydrogen (secondary N) is 1. The highest BCUT2D eigenvalue weighted by Gasteiger charge is 2.24. The average Bonchev–Trinajstić information content (AvgIpc) is 2.69. The average molecular weight is 400 g/mol. The van der Waals surface area contributed by atoms with Crippen LogP contribution in [0.4, 0.5) is 10.1 Å². The van der Waals surface area contributed by atoms with Crippen molar-refractivity contribution in [1.82, 2.24) is 4.31 Å². The molecule has 3 aromatic carbocycles. The fourth-order valence-electron chi connectivity index (χ4n) is 3.08. The summed E-state index contributed by atoms with van der Waals surface area (Å²) in [5.74, 6) is -1.48.